The third kappa shape index (κ3) is 5.52. The molecule has 2 heterocycles. The molecule has 10 nitrogen and oxygen atoms in total. The molecule has 0 fully saturated rings. The van der Waals surface area contributed by atoms with Gasteiger partial charge in [-0.25, -0.2) is 18.3 Å². The second-order valence-electron chi connectivity index (χ2n) is 8.45. The zero-order valence-electron chi connectivity index (χ0n) is 19.7. The van der Waals surface area contributed by atoms with E-state index in [-0.39, 0.29) is 39.3 Å². The number of hydrogen-bond acceptors (Lipinski definition) is 7. The minimum Gasteiger partial charge on any atom is -0.410 e. The van der Waals surface area contributed by atoms with Gasteiger partial charge in [-0.1, -0.05) is 23.7 Å². The van der Waals surface area contributed by atoms with Gasteiger partial charge in [-0.15, -0.1) is 5.10 Å². The van der Waals surface area contributed by atoms with Crippen molar-refractivity contribution in [2.75, 3.05) is 16.2 Å². The smallest absolute Gasteiger partial charge is 0.410 e. The number of fused-ring (bicyclic) bond motifs is 1. The van der Waals surface area contributed by atoms with Crippen molar-refractivity contribution in [1.82, 2.24) is 20.6 Å². The van der Waals surface area contributed by atoms with Crippen LogP contribution >= 0.6 is 11.6 Å². The third-order valence-corrected chi connectivity index (χ3v) is 7.94. The summed E-state index contributed by atoms with van der Waals surface area (Å²) in [5, 5.41) is 14.9. The number of tetrazole rings is 1. The van der Waals surface area contributed by atoms with Crippen molar-refractivity contribution in [1.29, 1.82) is 0 Å². The summed E-state index contributed by atoms with van der Waals surface area (Å²) >= 11 is 5.99. The van der Waals surface area contributed by atoms with Crippen molar-refractivity contribution in [3.8, 4) is 17.1 Å². The van der Waals surface area contributed by atoms with Crippen molar-refractivity contribution in [2.24, 2.45) is 0 Å². The van der Waals surface area contributed by atoms with E-state index in [1.54, 1.807) is 12.1 Å². The molecule has 0 atom stereocenters. The number of amides is 1. The maximum atomic E-state index is 13.7. The summed E-state index contributed by atoms with van der Waals surface area (Å²) in [6.45, 7) is 0.199. The first-order valence-corrected chi connectivity index (χ1v) is 13.2. The molecule has 0 bridgehead atoms. The molecule has 0 radical (unpaired) electrons. The molecule has 1 aromatic heterocycles. The van der Waals surface area contributed by atoms with Crippen LogP contribution in [0.25, 0.3) is 11.4 Å². The number of H-pyrrole nitrogens is 1. The monoisotopic (exact) mass is 578 g/mol. The topological polar surface area (TPSA) is 130 Å². The molecular formula is C24H18ClF3N6O4S. The normalized spacial score (nSPS) is 13.6. The first-order valence-electron chi connectivity index (χ1n) is 11.4. The van der Waals surface area contributed by atoms with Crippen molar-refractivity contribution >= 4 is 39.1 Å². The number of anilines is 2. The lowest BCUT2D eigenvalue weighted by Gasteiger charge is -2.30. The number of carbonyl (C=O) groups excluding carboxylic acids is 1. The van der Waals surface area contributed by atoms with Crippen LogP contribution in [0.5, 0.6) is 5.75 Å². The quantitative estimate of drug-likeness (QED) is 0.329. The maximum absolute atomic E-state index is 13.7. The average Bonchev–Trinajstić information content (AvgIpc) is 3.42. The van der Waals surface area contributed by atoms with Crippen LogP contribution in [0.1, 0.15) is 17.5 Å². The Morgan fingerprint density at radius 3 is 2.64 bits per heavy atom. The summed E-state index contributed by atoms with van der Waals surface area (Å²) in [7, 11) is -3.96. The van der Waals surface area contributed by atoms with Gasteiger partial charge in [0.05, 0.1) is 16.1 Å². The first-order chi connectivity index (χ1) is 18.5. The summed E-state index contributed by atoms with van der Waals surface area (Å²) in [5.41, 5.74) is -0.508. The molecule has 0 saturated heterocycles. The number of rotatable bonds is 5. The molecule has 1 aliphatic rings. The van der Waals surface area contributed by atoms with Crippen LogP contribution in [-0.4, -0.2) is 41.7 Å². The fourth-order valence-electron chi connectivity index (χ4n) is 4.18. The molecule has 3 aromatic carbocycles. The van der Waals surface area contributed by atoms with Gasteiger partial charge in [0.25, 0.3) is 10.0 Å². The van der Waals surface area contributed by atoms with Gasteiger partial charge in [-0.05, 0) is 71.3 Å². The van der Waals surface area contributed by atoms with E-state index in [1.807, 2.05) is 0 Å². The van der Waals surface area contributed by atoms with Crippen LogP contribution in [0, 0.1) is 0 Å². The highest BCUT2D eigenvalue weighted by molar-refractivity contribution is 7.92. The Morgan fingerprint density at radius 2 is 1.92 bits per heavy atom. The molecule has 0 spiro atoms. The average molecular weight is 579 g/mol. The van der Waals surface area contributed by atoms with Crippen LogP contribution in [0.4, 0.5) is 29.3 Å². The maximum Gasteiger partial charge on any atom is 0.417 e. The second kappa shape index (κ2) is 10.2. The zero-order valence-corrected chi connectivity index (χ0v) is 21.3. The van der Waals surface area contributed by atoms with Gasteiger partial charge in [0.2, 0.25) is 0 Å². The van der Waals surface area contributed by atoms with Crippen LogP contribution in [-0.2, 0) is 22.6 Å². The minimum atomic E-state index is -4.76. The summed E-state index contributed by atoms with van der Waals surface area (Å²) < 4.78 is 74.2. The SMILES string of the molecule is O=C(Nc1ccc(-c2nnn[nH]2)c(C(F)(F)F)c1)Oc1ccc2c(c1)N(S(=O)(=O)c1cccc(Cl)c1)CCC2. The summed E-state index contributed by atoms with van der Waals surface area (Å²) in [6, 6.07) is 13.5. The molecule has 0 unspecified atom stereocenters. The molecule has 4 aromatic rings. The summed E-state index contributed by atoms with van der Waals surface area (Å²) in [5.74, 6) is -0.192. The predicted molar refractivity (Wildman–Crippen MR) is 135 cm³/mol. The largest absolute Gasteiger partial charge is 0.417 e. The lowest BCUT2D eigenvalue weighted by atomic mass is 10.0. The molecule has 0 aliphatic carbocycles. The number of aromatic amines is 1. The van der Waals surface area contributed by atoms with Crippen molar-refractivity contribution in [2.45, 2.75) is 23.9 Å². The third-order valence-electron chi connectivity index (χ3n) is 5.90. The van der Waals surface area contributed by atoms with Crippen LogP contribution in [0.15, 0.2) is 65.6 Å². The van der Waals surface area contributed by atoms with Crippen molar-refractivity contribution < 1.29 is 31.1 Å². The van der Waals surface area contributed by atoms with Gasteiger partial charge in [-0.2, -0.15) is 13.2 Å². The number of aryl methyl sites for hydroxylation is 1. The Bertz CT molecular complexity index is 1650. The van der Waals surface area contributed by atoms with E-state index >= 15 is 0 Å². The lowest BCUT2D eigenvalue weighted by molar-refractivity contribution is -0.137. The molecule has 0 saturated carbocycles. The summed E-state index contributed by atoms with van der Waals surface area (Å²) in [6.07, 6.45) is -4.65. The van der Waals surface area contributed by atoms with E-state index in [1.165, 1.54) is 40.7 Å². The van der Waals surface area contributed by atoms with Gasteiger partial charge < -0.3 is 4.74 Å². The number of alkyl halides is 3. The van der Waals surface area contributed by atoms with Gasteiger partial charge >= 0.3 is 12.3 Å². The van der Waals surface area contributed by atoms with Crippen LogP contribution < -0.4 is 14.4 Å². The van der Waals surface area contributed by atoms with E-state index in [4.69, 9.17) is 16.3 Å². The van der Waals surface area contributed by atoms with Crippen molar-refractivity contribution in [3.05, 3.63) is 76.8 Å². The molecular weight excluding hydrogens is 561 g/mol. The molecule has 1 aliphatic heterocycles. The molecule has 202 valence electrons. The lowest BCUT2D eigenvalue weighted by Crippen LogP contribution is -2.35. The van der Waals surface area contributed by atoms with E-state index < -0.39 is 27.9 Å². The summed E-state index contributed by atoms with van der Waals surface area (Å²) in [4.78, 5) is 12.6. The number of ether oxygens (including phenoxy) is 1. The number of halogens is 4. The van der Waals surface area contributed by atoms with Crippen molar-refractivity contribution in [3.63, 3.8) is 0 Å². The van der Waals surface area contributed by atoms with Gasteiger partial charge in [0, 0.05) is 28.9 Å². The molecule has 5 rings (SSSR count). The Kier molecular flexibility index (Phi) is 6.91. The number of aromatic nitrogens is 4. The Labute approximate surface area is 224 Å². The predicted octanol–water partition coefficient (Wildman–Crippen LogP) is 5.29. The Balaban J connectivity index is 1.38. The van der Waals surface area contributed by atoms with Crippen LogP contribution in [0.3, 0.4) is 0 Å². The molecule has 1 amide bonds. The number of sulfonamides is 1. The number of nitrogens with zero attached hydrogens (tertiary/aromatic N) is 4. The van der Waals surface area contributed by atoms with E-state index in [2.05, 4.69) is 25.9 Å². The molecule has 39 heavy (non-hydrogen) atoms. The highest BCUT2D eigenvalue weighted by Crippen LogP contribution is 2.38. The zero-order chi connectivity index (χ0) is 27.8. The fourth-order valence-corrected chi connectivity index (χ4v) is 6.01. The standard InChI is InChI=1S/C24H18ClF3N6O4S/c25-15-4-1-5-18(11-15)39(36,37)34-10-2-3-14-6-8-17(13-21(14)34)38-23(35)29-16-7-9-19(22-30-32-33-31-22)20(12-16)24(26,27)28/h1,4-9,11-13H,2-3,10H2,(H,29,35)(H,30,31,32,33). The molecule has 15 heteroatoms. The number of carbonyl (C=O) groups is 1. The highest BCUT2D eigenvalue weighted by Gasteiger charge is 2.35. The number of benzene rings is 3. The van der Waals surface area contributed by atoms with Gasteiger partial charge in [0.1, 0.15) is 5.75 Å². The van der Waals surface area contributed by atoms with E-state index in [9.17, 15) is 26.4 Å². The fraction of sp³-hybridized carbons (Fsp3) is 0.167. The minimum absolute atomic E-state index is 0.000145. The first kappa shape index (κ1) is 26.4. The second-order valence-corrected chi connectivity index (χ2v) is 10.7. The molecule has 2 N–H and O–H groups in total. The van der Waals surface area contributed by atoms with Gasteiger partial charge in [0.15, 0.2) is 5.82 Å². The number of nitrogens with one attached hydrogen (secondary N) is 2. The highest BCUT2D eigenvalue weighted by atomic mass is 35.5. The van der Waals surface area contributed by atoms with E-state index in [0.29, 0.717) is 18.5 Å². The van der Waals surface area contributed by atoms with Gasteiger partial charge in [-0.3, -0.25) is 9.62 Å². The van der Waals surface area contributed by atoms with E-state index in [0.717, 1.165) is 17.7 Å². The Hall–Kier alpha value is -4.17. The number of hydrogen-bond donors (Lipinski definition) is 2. The van der Waals surface area contributed by atoms with Crippen LogP contribution in [0.2, 0.25) is 5.02 Å². The Morgan fingerprint density at radius 1 is 1.10 bits per heavy atom.